The zero-order chi connectivity index (χ0) is 53.8. The number of benzene rings is 2. The summed E-state index contributed by atoms with van der Waals surface area (Å²) in [5.41, 5.74) is 1.81. The van der Waals surface area contributed by atoms with Crippen LogP contribution in [0.2, 0.25) is 0 Å². The van der Waals surface area contributed by atoms with E-state index in [4.69, 9.17) is 14.2 Å². The minimum absolute atomic E-state index is 0.00592. The molecule has 4 aromatic rings. The summed E-state index contributed by atoms with van der Waals surface area (Å²) < 4.78 is 44.5. The van der Waals surface area contributed by atoms with Crippen molar-refractivity contribution in [3.8, 4) is 11.5 Å². The molecule has 2 aromatic carbocycles. The highest BCUT2D eigenvalue weighted by molar-refractivity contribution is 6.00. The van der Waals surface area contributed by atoms with Crippen LogP contribution in [0.15, 0.2) is 85.2 Å². The molecule has 8 rings (SSSR count). The molecule has 0 bridgehead atoms. The maximum absolute atomic E-state index is 14.9. The van der Waals surface area contributed by atoms with E-state index in [1.54, 1.807) is 112 Å². The first kappa shape index (κ1) is 55.8. The molecule has 4 aliphatic rings. The largest absolute Gasteiger partial charge is 0.497 e. The number of Topliss-reactive ketones (excluding diaryl/α,β-unsaturated/α-hetero) is 4. The first-order chi connectivity index (χ1) is 35.9. The molecule has 0 aliphatic carbocycles. The second-order valence-corrected chi connectivity index (χ2v) is 20.7. The molecule has 3 amide bonds. The molecule has 0 spiro atoms. The fraction of sp³-hybridized carbons (Fsp3) is 0.491. The third-order valence-electron chi connectivity index (χ3n) is 14.4. The van der Waals surface area contributed by atoms with Crippen molar-refractivity contribution in [2.45, 2.75) is 90.1 Å². The number of nitrogens with one attached hydrogen (secondary N) is 1. The van der Waals surface area contributed by atoms with Crippen molar-refractivity contribution in [1.29, 1.82) is 0 Å². The van der Waals surface area contributed by atoms with Gasteiger partial charge in [0.15, 0.2) is 23.1 Å². The number of ether oxygens (including phenoxy) is 3. The van der Waals surface area contributed by atoms with Crippen LogP contribution in [-0.2, 0) is 4.74 Å². The van der Waals surface area contributed by atoms with Crippen LogP contribution in [0, 0.1) is 23.7 Å². The number of likely N-dealkylation sites (tertiary alicyclic amines) is 3. The zero-order valence-corrected chi connectivity index (χ0v) is 43.4. The van der Waals surface area contributed by atoms with E-state index < -0.39 is 30.0 Å². The normalized spacial score (nSPS) is 20.5. The highest BCUT2D eigenvalue weighted by atomic mass is 19.1. The van der Waals surface area contributed by atoms with E-state index in [1.165, 1.54) is 23.4 Å². The molecule has 18 heteroatoms. The average molecular weight is 1040 g/mol. The number of piperidine rings is 4. The van der Waals surface area contributed by atoms with Crippen LogP contribution in [0.1, 0.15) is 135 Å². The molecule has 4 fully saturated rings. The third kappa shape index (κ3) is 14.9. The predicted octanol–water partition coefficient (Wildman–Crippen LogP) is 8.34. The summed E-state index contributed by atoms with van der Waals surface area (Å²) in [5, 5.41) is 2.99. The first-order valence-corrected chi connectivity index (χ1v) is 25.8. The maximum atomic E-state index is 14.9. The Hall–Kier alpha value is -6.95. The molecule has 0 radical (unpaired) electrons. The number of rotatable bonds is 14. The lowest BCUT2D eigenvalue weighted by Gasteiger charge is -2.35. The summed E-state index contributed by atoms with van der Waals surface area (Å²) in [4.78, 5) is 102. The third-order valence-corrected chi connectivity index (χ3v) is 14.4. The Morgan fingerprint density at radius 2 is 0.973 bits per heavy atom. The van der Waals surface area contributed by atoms with Crippen molar-refractivity contribution in [1.82, 2.24) is 30.0 Å². The van der Waals surface area contributed by atoms with Crippen LogP contribution in [0.25, 0.3) is 0 Å². The lowest BCUT2D eigenvalue weighted by atomic mass is 9.88. The standard InChI is InChI=1S/C31H38FN3O6.C26H30FN3O4/c1-31(2,3)41-30(39)35-16-13-22(25(32)19-35)17-27(36)23-7-10-26(33-18-23)29(38)34-14-11-21(12-15-34)28(37)20-5-8-24(40-4)9-6-20;1-34-21-5-2-17(3-6-21)25(32)18-9-12-30(13-10-18)26(33)23-7-4-20(15-29-23)24(31)14-19-8-11-28-16-22(19)27/h5-10,18,21-22,25H,11-17,19H2,1-4H3;2-7,15,18-19,22,28H,8-14,16H2,1H3/t22?,25-;19?,22-/m11/s1. The molecule has 2 aromatic heterocycles. The number of halogens is 2. The van der Waals surface area contributed by atoms with Gasteiger partial charge in [0, 0.05) is 105 Å². The monoisotopic (exact) mass is 1030 g/mol. The lowest BCUT2D eigenvalue weighted by molar-refractivity contribution is 0.00513. The van der Waals surface area contributed by atoms with Gasteiger partial charge in [-0.25, -0.2) is 13.6 Å². The van der Waals surface area contributed by atoms with Gasteiger partial charge in [0.25, 0.3) is 11.8 Å². The van der Waals surface area contributed by atoms with Crippen LogP contribution in [0.3, 0.4) is 0 Å². The zero-order valence-electron chi connectivity index (χ0n) is 43.4. The Labute approximate surface area is 436 Å². The number of aromatic nitrogens is 2. The molecule has 16 nitrogen and oxygen atoms in total. The molecule has 4 atom stereocenters. The Balaban J connectivity index is 0.000000222. The number of hydrogen-bond acceptors (Lipinski definition) is 13. The average Bonchev–Trinajstić information content (AvgIpc) is 3.43. The van der Waals surface area contributed by atoms with Crippen LogP contribution in [0.4, 0.5) is 13.6 Å². The summed E-state index contributed by atoms with van der Waals surface area (Å²) in [5.74, 6) is -0.408. The molecule has 2 unspecified atom stereocenters. The molecule has 4 saturated heterocycles. The Morgan fingerprint density at radius 1 is 0.560 bits per heavy atom. The van der Waals surface area contributed by atoms with E-state index in [1.807, 2.05) is 0 Å². The Bertz CT molecular complexity index is 2630. The number of alkyl halides is 2. The number of pyridine rings is 2. The molecular formula is C57H68F2N6O10. The van der Waals surface area contributed by atoms with Crippen molar-refractivity contribution >= 4 is 41.0 Å². The number of methoxy groups -OCH3 is 2. The van der Waals surface area contributed by atoms with Gasteiger partial charge in [0.05, 0.1) is 20.8 Å². The molecule has 400 valence electrons. The van der Waals surface area contributed by atoms with E-state index in [0.29, 0.717) is 112 Å². The van der Waals surface area contributed by atoms with Gasteiger partial charge in [0.2, 0.25) is 0 Å². The number of carbonyl (C=O) groups excluding carboxylic acids is 7. The minimum atomic E-state index is -1.34. The second-order valence-electron chi connectivity index (χ2n) is 20.7. The van der Waals surface area contributed by atoms with Crippen molar-refractivity contribution in [3.63, 3.8) is 0 Å². The highest BCUT2D eigenvalue weighted by Gasteiger charge is 2.36. The van der Waals surface area contributed by atoms with Crippen LogP contribution < -0.4 is 14.8 Å². The number of hydrogen-bond donors (Lipinski definition) is 1. The van der Waals surface area contributed by atoms with Crippen molar-refractivity contribution in [2.24, 2.45) is 23.7 Å². The fourth-order valence-corrected chi connectivity index (χ4v) is 9.86. The fourth-order valence-electron chi connectivity index (χ4n) is 9.86. The number of nitrogens with zero attached hydrogens (tertiary/aromatic N) is 5. The number of carbonyl (C=O) groups is 7. The van der Waals surface area contributed by atoms with E-state index in [-0.39, 0.29) is 90.0 Å². The van der Waals surface area contributed by atoms with Gasteiger partial charge in [-0.2, -0.15) is 0 Å². The smallest absolute Gasteiger partial charge is 0.410 e. The Morgan fingerprint density at radius 3 is 1.35 bits per heavy atom. The van der Waals surface area contributed by atoms with E-state index in [2.05, 4.69) is 15.3 Å². The van der Waals surface area contributed by atoms with Gasteiger partial charge in [0.1, 0.15) is 40.8 Å². The second kappa shape index (κ2) is 25.5. The minimum Gasteiger partial charge on any atom is -0.497 e. The molecule has 75 heavy (non-hydrogen) atoms. The summed E-state index contributed by atoms with van der Waals surface area (Å²) in [7, 11) is 3.16. The molecule has 4 aliphatic heterocycles. The van der Waals surface area contributed by atoms with Gasteiger partial charge in [-0.05, 0) is 145 Å². The highest BCUT2D eigenvalue weighted by Crippen LogP contribution is 2.29. The van der Waals surface area contributed by atoms with Gasteiger partial charge in [-0.15, -0.1) is 0 Å². The van der Waals surface area contributed by atoms with E-state index >= 15 is 0 Å². The van der Waals surface area contributed by atoms with Gasteiger partial charge < -0.3 is 34.2 Å². The van der Waals surface area contributed by atoms with Gasteiger partial charge in [-0.1, -0.05) is 0 Å². The van der Waals surface area contributed by atoms with Crippen LogP contribution in [0.5, 0.6) is 11.5 Å². The molecular weight excluding hydrogens is 967 g/mol. The summed E-state index contributed by atoms with van der Waals surface area (Å²) in [6.45, 7) is 8.30. The summed E-state index contributed by atoms with van der Waals surface area (Å²) >= 11 is 0. The lowest BCUT2D eigenvalue weighted by Crippen LogP contribution is -2.47. The maximum Gasteiger partial charge on any atom is 0.410 e. The summed E-state index contributed by atoms with van der Waals surface area (Å²) in [6.07, 6.45) is 3.28. The molecule has 1 N–H and O–H groups in total. The van der Waals surface area contributed by atoms with Gasteiger partial charge in [-0.3, -0.25) is 38.7 Å². The molecule has 6 heterocycles. The topological polar surface area (TPSA) is 195 Å². The number of amides is 3. The van der Waals surface area contributed by atoms with Crippen molar-refractivity contribution in [3.05, 3.63) is 119 Å². The quantitative estimate of drug-likeness (QED) is 0.119. The van der Waals surface area contributed by atoms with Gasteiger partial charge >= 0.3 is 6.09 Å². The van der Waals surface area contributed by atoms with E-state index in [9.17, 15) is 42.3 Å². The summed E-state index contributed by atoms with van der Waals surface area (Å²) in [6, 6.07) is 20.3. The van der Waals surface area contributed by atoms with Crippen molar-refractivity contribution in [2.75, 3.05) is 66.6 Å². The SMILES string of the molecule is COc1ccc(C(=O)C2CCN(C(=O)c3ccc(C(=O)CC4CCN(C(=O)OC(C)(C)C)C[C@H]4F)cn3)CC2)cc1.COc1ccc(C(=O)C2CCN(C(=O)c3ccc(C(=O)CC4CCNC[C@H]4F)cn3)CC2)cc1. The van der Waals surface area contributed by atoms with Crippen molar-refractivity contribution < 1.29 is 56.6 Å². The first-order valence-electron chi connectivity index (χ1n) is 25.8. The van der Waals surface area contributed by atoms with E-state index in [0.717, 1.165) is 0 Å². The molecule has 0 saturated carbocycles. The van der Waals surface area contributed by atoms with Crippen LogP contribution >= 0.6 is 0 Å². The number of ketones is 4. The predicted molar refractivity (Wildman–Crippen MR) is 275 cm³/mol. The van der Waals surface area contributed by atoms with Crippen LogP contribution in [-0.4, -0.2) is 150 Å². The Kier molecular flexibility index (Phi) is 19.0.